The number of ether oxygens (including phenoxy) is 2. The van der Waals surface area contributed by atoms with Crippen LogP contribution in [0.25, 0.3) is 0 Å². The number of rotatable bonds is 4. The van der Waals surface area contributed by atoms with E-state index in [1.807, 2.05) is 11.8 Å². The van der Waals surface area contributed by atoms with Crippen molar-refractivity contribution in [3.63, 3.8) is 0 Å². The molecule has 1 aromatic heterocycles. The van der Waals surface area contributed by atoms with Crippen LogP contribution in [0.3, 0.4) is 0 Å². The molecule has 1 saturated heterocycles. The van der Waals surface area contributed by atoms with Crippen LogP contribution in [0.15, 0.2) is 10.7 Å². The molecule has 20 heavy (non-hydrogen) atoms. The first-order valence-corrected chi connectivity index (χ1v) is 7.46. The standard InChI is InChI=1S/C13H18BrN3O3/c1-3-20-12(18)10-6-4-5-7-17(10)13-15-8-9(14)11(16-13)19-2/h8,10H,3-7H2,1-2H3. The van der Waals surface area contributed by atoms with Gasteiger partial charge in [0.15, 0.2) is 0 Å². The molecule has 6 nitrogen and oxygen atoms in total. The summed E-state index contributed by atoms with van der Waals surface area (Å²) in [5.41, 5.74) is 0. The van der Waals surface area contributed by atoms with E-state index >= 15 is 0 Å². The molecule has 1 aliphatic rings. The van der Waals surface area contributed by atoms with Crippen molar-refractivity contribution < 1.29 is 14.3 Å². The maximum absolute atomic E-state index is 12.0. The molecule has 0 spiro atoms. The Labute approximate surface area is 126 Å². The van der Waals surface area contributed by atoms with Crippen molar-refractivity contribution >= 4 is 27.8 Å². The second kappa shape index (κ2) is 6.88. The van der Waals surface area contributed by atoms with E-state index in [0.29, 0.717) is 22.9 Å². The fourth-order valence-electron chi connectivity index (χ4n) is 2.28. The lowest BCUT2D eigenvalue weighted by Gasteiger charge is -2.33. The van der Waals surface area contributed by atoms with E-state index in [0.717, 1.165) is 25.8 Å². The van der Waals surface area contributed by atoms with E-state index in [-0.39, 0.29) is 12.0 Å². The number of carbonyl (C=O) groups is 1. The maximum atomic E-state index is 12.0. The Balaban J connectivity index is 2.25. The Morgan fingerprint density at radius 1 is 1.55 bits per heavy atom. The molecule has 1 atom stereocenters. The predicted molar refractivity (Wildman–Crippen MR) is 77.9 cm³/mol. The minimum atomic E-state index is -0.311. The van der Waals surface area contributed by atoms with Crippen LogP contribution >= 0.6 is 15.9 Å². The molecule has 0 amide bonds. The number of halogens is 1. The van der Waals surface area contributed by atoms with Gasteiger partial charge in [-0.05, 0) is 42.1 Å². The van der Waals surface area contributed by atoms with Crippen molar-refractivity contribution in [2.45, 2.75) is 32.2 Å². The zero-order chi connectivity index (χ0) is 14.5. The lowest BCUT2D eigenvalue weighted by molar-refractivity contribution is -0.145. The van der Waals surface area contributed by atoms with Gasteiger partial charge in [0.1, 0.15) is 6.04 Å². The molecule has 1 unspecified atom stereocenters. The molecule has 0 aliphatic carbocycles. The Morgan fingerprint density at radius 3 is 3.05 bits per heavy atom. The molecule has 0 saturated carbocycles. The highest BCUT2D eigenvalue weighted by Gasteiger charge is 2.31. The van der Waals surface area contributed by atoms with E-state index in [1.54, 1.807) is 13.3 Å². The van der Waals surface area contributed by atoms with Crippen LogP contribution in [-0.4, -0.2) is 42.2 Å². The molecule has 0 bridgehead atoms. The third-order valence-electron chi connectivity index (χ3n) is 3.21. The number of carbonyl (C=O) groups excluding carboxylic acids is 1. The van der Waals surface area contributed by atoms with Gasteiger partial charge in [-0.2, -0.15) is 4.98 Å². The summed E-state index contributed by atoms with van der Waals surface area (Å²) in [6.45, 7) is 2.94. The van der Waals surface area contributed by atoms with E-state index in [4.69, 9.17) is 9.47 Å². The molecule has 2 heterocycles. The Bertz CT molecular complexity index is 484. The van der Waals surface area contributed by atoms with Crippen molar-refractivity contribution in [2.75, 3.05) is 25.2 Å². The van der Waals surface area contributed by atoms with Gasteiger partial charge in [0.25, 0.3) is 0 Å². The van der Waals surface area contributed by atoms with Gasteiger partial charge in [-0.1, -0.05) is 0 Å². The summed E-state index contributed by atoms with van der Waals surface area (Å²) in [5.74, 6) is 0.753. The van der Waals surface area contributed by atoms with Crippen LogP contribution in [0.4, 0.5) is 5.95 Å². The van der Waals surface area contributed by atoms with Crippen LogP contribution in [0, 0.1) is 0 Å². The van der Waals surface area contributed by atoms with Gasteiger partial charge in [-0.15, -0.1) is 0 Å². The highest BCUT2D eigenvalue weighted by atomic mass is 79.9. The first-order chi connectivity index (χ1) is 9.67. The highest BCUT2D eigenvalue weighted by Crippen LogP contribution is 2.27. The number of methoxy groups -OCH3 is 1. The number of esters is 1. The van der Waals surface area contributed by atoms with Gasteiger partial charge in [-0.3, -0.25) is 0 Å². The Morgan fingerprint density at radius 2 is 2.35 bits per heavy atom. The molecule has 0 radical (unpaired) electrons. The lowest BCUT2D eigenvalue weighted by atomic mass is 10.0. The molecule has 0 N–H and O–H groups in total. The first-order valence-electron chi connectivity index (χ1n) is 6.67. The fraction of sp³-hybridized carbons (Fsp3) is 0.615. The van der Waals surface area contributed by atoms with Crippen molar-refractivity contribution in [3.8, 4) is 5.88 Å². The van der Waals surface area contributed by atoms with Gasteiger partial charge in [-0.25, -0.2) is 9.78 Å². The number of hydrogen-bond donors (Lipinski definition) is 0. The minimum Gasteiger partial charge on any atom is -0.480 e. The van der Waals surface area contributed by atoms with E-state index in [9.17, 15) is 4.79 Å². The number of hydrogen-bond acceptors (Lipinski definition) is 6. The lowest BCUT2D eigenvalue weighted by Crippen LogP contribution is -2.46. The number of piperidine rings is 1. The van der Waals surface area contributed by atoms with Crippen molar-refractivity contribution in [1.29, 1.82) is 0 Å². The van der Waals surface area contributed by atoms with Crippen LogP contribution in [0.1, 0.15) is 26.2 Å². The largest absolute Gasteiger partial charge is 0.480 e. The summed E-state index contributed by atoms with van der Waals surface area (Å²) < 4.78 is 11.0. The fourth-order valence-corrected chi connectivity index (χ4v) is 2.63. The summed E-state index contributed by atoms with van der Waals surface area (Å²) in [4.78, 5) is 22.6. The van der Waals surface area contributed by atoms with Crippen molar-refractivity contribution in [1.82, 2.24) is 9.97 Å². The van der Waals surface area contributed by atoms with Crippen molar-refractivity contribution in [2.24, 2.45) is 0 Å². The molecular formula is C13H18BrN3O3. The van der Waals surface area contributed by atoms with E-state index in [1.165, 1.54) is 0 Å². The SMILES string of the molecule is CCOC(=O)C1CCCCN1c1ncc(Br)c(OC)n1. The smallest absolute Gasteiger partial charge is 0.328 e. The number of aromatic nitrogens is 2. The van der Waals surface area contributed by atoms with Crippen LogP contribution in [-0.2, 0) is 9.53 Å². The molecule has 1 aliphatic heterocycles. The second-order valence-corrected chi connectivity index (χ2v) is 5.34. The predicted octanol–water partition coefficient (Wildman–Crippen LogP) is 2.17. The van der Waals surface area contributed by atoms with Crippen LogP contribution in [0.5, 0.6) is 5.88 Å². The van der Waals surface area contributed by atoms with E-state index < -0.39 is 0 Å². The quantitative estimate of drug-likeness (QED) is 0.780. The minimum absolute atomic E-state index is 0.210. The third-order valence-corrected chi connectivity index (χ3v) is 3.75. The molecule has 1 aromatic rings. The molecular weight excluding hydrogens is 326 g/mol. The maximum Gasteiger partial charge on any atom is 0.328 e. The van der Waals surface area contributed by atoms with Gasteiger partial charge in [0.05, 0.1) is 24.4 Å². The van der Waals surface area contributed by atoms with Crippen molar-refractivity contribution in [3.05, 3.63) is 10.7 Å². The Hall–Kier alpha value is -1.37. The zero-order valence-corrected chi connectivity index (χ0v) is 13.2. The van der Waals surface area contributed by atoms with Crippen LogP contribution in [0.2, 0.25) is 0 Å². The third kappa shape index (κ3) is 3.20. The summed E-state index contributed by atoms with van der Waals surface area (Å²) in [6, 6.07) is -0.311. The van der Waals surface area contributed by atoms with Gasteiger partial charge >= 0.3 is 5.97 Å². The normalized spacial score (nSPS) is 18.8. The van der Waals surface area contributed by atoms with Crippen LogP contribution < -0.4 is 9.64 Å². The molecule has 1 fully saturated rings. The van der Waals surface area contributed by atoms with E-state index in [2.05, 4.69) is 25.9 Å². The first kappa shape index (κ1) is 15.0. The van der Waals surface area contributed by atoms with Gasteiger partial charge < -0.3 is 14.4 Å². The topological polar surface area (TPSA) is 64.5 Å². The highest BCUT2D eigenvalue weighted by molar-refractivity contribution is 9.10. The monoisotopic (exact) mass is 343 g/mol. The molecule has 2 rings (SSSR count). The summed E-state index contributed by atoms with van der Waals surface area (Å²) in [7, 11) is 1.55. The summed E-state index contributed by atoms with van der Waals surface area (Å²) in [6.07, 6.45) is 4.42. The molecule has 110 valence electrons. The molecule has 7 heteroatoms. The summed E-state index contributed by atoms with van der Waals surface area (Å²) in [5, 5.41) is 0. The number of anilines is 1. The zero-order valence-electron chi connectivity index (χ0n) is 11.6. The summed E-state index contributed by atoms with van der Waals surface area (Å²) >= 11 is 3.32. The molecule has 0 aromatic carbocycles. The average Bonchev–Trinajstić information content (AvgIpc) is 2.48. The second-order valence-electron chi connectivity index (χ2n) is 4.48. The van der Waals surface area contributed by atoms with Gasteiger partial charge in [0, 0.05) is 6.54 Å². The number of nitrogens with zero attached hydrogens (tertiary/aromatic N) is 3. The Kier molecular flexibility index (Phi) is 5.17. The average molecular weight is 344 g/mol. The van der Waals surface area contributed by atoms with Gasteiger partial charge in [0.2, 0.25) is 11.8 Å².